The molecule has 2 fully saturated rings. The number of aromatic hydroxyl groups is 1. The number of hydrogen-bond acceptors (Lipinski definition) is 7. The Labute approximate surface area is 217 Å². The van der Waals surface area contributed by atoms with Crippen molar-refractivity contribution in [2.24, 2.45) is 17.8 Å². The summed E-state index contributed by atoms with van der Waals surface area (Å²) in [6.07, 6.45) is 3.73. The Bertz CT molecular complexity index is 1370. The van der Waals surface area contributed by atoms with E-state index < -0.39 is 0 Å². The molecule has 3 aromatic rings. The van der Waals surface area contributed by atoms with Crippen LogP contribution in [-0.2, 0) is 11.3 Å². The number of phenols is 1. The average Bonchev–Trinajstić information content (AvgIpc) is 3.58. The number of carbonyl (C=O) groups is 1. The zero-order valence-corrected chi connectivity index (χ0v) is 21.7. The molecule has 0 radical (unpaired) electrons. The third-order valence-electron chi connectivity index (χ3n) is 7.91. The van der Waals surface area contributed by atoms with Gasteiger partial charge in [0.15, 0.2) is 11.5 Å². The molecule has 2 saturated carbocycles. The zero-order chi connectivity index (χ0) is 25.0. The normalized spacial score (nSPS) is 25.8. The van der Waals surface area contributed by atoms with Gasteiger partial charge in [0.1, 0.15) is 12.3 Å². The molecule has 7 nitrogen and oxygen atoms in total. The maximum absolute atomic E-state index is 13.2. The van der Waals surface area contributed by atoms with E-state index in [9.17, 15) is 14.7 Å². The van der Waals surface area contributed by atoms with Crippen molar-refractivity contribution in [1.82, 2.24) is 4.57 Å². The van der Waals surface area contributed by atoms with Gasteiger partial charge in [-0.2, -0.15) is 0 Å². The van der Waals surface area contributed by atoms with Crippen LogP contribution in [0.2, 0.25) is 0 Å². The number of methoxy groups -OCH3 is 2. The molecule has 2 N–H and O–H groups in total. The van der Waals surface area contributed by atoms with Crippen molar-refractivity contribution in [1.29, 1.82) is 0 Å². The minimum Gasteiger partial charge on any atom is -0.508 e. The number of hydrogen-bond donors (Lipinski definition) is 2. The van der Waals surface area contributed by atoms with Crippen LogP contribution in [0, 0.1) is 17.8 Å². The van der Waals surface area contributed by atoms with E-state index in [2.05, 4.69) is 17.4 Å². The van der Waals surface area contributed by atoms with Crippen LogP contribution in [-0.4, -0.2) is 35.1 Å². The lowest BCUT2D eigenvalue weighted by molar-refractivity contribution is -0.116. The Morgan fingerprint density at radius 1 is 1.08 bits per heavy atom. The van der Waals surface area contributed by atoms with Gasteiger partial charge in [0.05, 0.1) is 19.2 Å². The Morgan fingerprint density at radius 3 is 2.58 bits per heavy atom. The molecule has 1 aliphatic heterocycles. The highest BCUT2D eigenvalue weighted by atomic mass is 32.2. The summed E-state index contributed by atoms with van der Waals surface area (Å²) < 4.78 is 12.7. The number of phenolic OH excluding ortho intramolecular Hbond substituents is 1. The van der Waals surface area contributed by atoms with Crippen LogP contribution >= 0.6 is 23.1 Å². The SMILES string of the molecule is COc1ccc([C@@H]2c3sc(=O)n(CC(=O)Nc4ccc(O)cc4)c3S[C@@H]3[C@H]4CC[C@@H](C4)[C@@H]23)cc1OC. The highest BCUT2D eigenvalue weighted by Crippen LogP contribution is 2.64. The van der Waals surface area contributed by atoms with E-state index in [0.29, 0.717) is 40.2 Å². The Morgan fingerprint density at radius 2 is 1.83 bits per heavy atom. The second-order valence-electron chi connectivity index (χ2n) is 9.80. The van der Waals surface area contributed by atoms with Crippen LogP contribution in [0.3, 0.4) is 0 Å². The lowest BCUT2D eigenvalue weighted by Gasteiger charge is -2.40. The summed E-state index contributed by atoms with van der Waals surface area (Å²) in [6, 6.07) is 12.4. The summed E-state index contributed by atoms with van der Waals surface area (Å²) in [5, 5.41) is 13.7. The molecule has 2 bridgehead atoms. The summed E-state index contributed by atoms with van der Waals surface area (Å²) in [6.45, 7) is -0.0390. The number of nitrogens with zero attached hydrogens (tertiary/aromatic N) is 1. The fraction of sp³-hybridized carbons (Fsp3) is 0.407. The Hall–Kier alpha value is -2.91. The second kappa shape index (κ2) is 9.19. The van der Waals surface area contributed by atoms with Gasteiger partial charge in [-0.25, -0.2) is 0 Å². The maximum Gasteiger partial charge on any atom is 0.308 e. The van der Waals surface area contributed by atoms with Crippen molar-refractivity contribution in [3.8, 4) is 17.2 Å². The van der Waals surface area contributed by atoms with Gasteiger partial charge in [-0.15, -0.1) is 11.8 Å². The van der Waals surface area contributed by atoms with Crippen molar-refractivity contribution in [2.75, 3.05) is 19.5 Å². The minimum atomic E-state index is -0.262. The highest BCUT2D eigenvalue weighted by Gasteiger charge is 2.55. The first-order chi connectivity index (χ1) is 17.5. The smallest absolute Gasteiger partial charge is 0.308 e. The molecule has 0 unspecified atom stereocenters. The van der Waals surface area contributed by atoms with E-state index in [4.69, 9.17) is 9.47 Å². The summed E-state index contributed by atoms with van der Waals surface area (Å²) in [5.74, 6) is 3.12. The van der Waals surface area contributed by atoms with Crippen molar-refractivity contribution in [3.05, 3.63) is 62.6 Å². The largest absolute Gasteiger partial charge is 0.508 e. The average molecular weight is 525 g/mol. The molecule has 3 aliphatic rings. The van der Waals surface area contributed by atoms with E-state index in [1.807, 2.05) is 17.8 Å². The number of carbonyl (C=O) groups excluding carboxylic acids is 1. The number of nitrogens with one attached hydrogen (secondary N) is 1. The molecular formula is C27H28N2O5S2. The monoisotopic (exact) mass is 524 g/mol. The summed E-state index contributed by atoms with van der Waals surface area (Å²) in [4.78, 5) is 27.1. The second-order valence-corrected chi connectivity index (χ2v) is 12.0. The number of aromatic nitrogens is 1. The molecule has 1 amide bonds. The summed E-state index contributed by atoms with van der Waals surface area (Å²) in [5.41, 5.74) is 1.72. The van der Waals surface area contributed by atoms with Crippen LogP contribution in [0.1, 0.15) is 35.6 Å². The van der Waals surface area contributed by atoms with Gasteiger partial charge in [-0.3, -0.25) is 14.2 Å². The molecule has 0 saturated heterocycles. The number of fused-ring (bicyclic) bond motifs is 6. The topological polar surface area (TPSA) is 89.8 Å². The molecule has 188 valence electrons. The van der Waals surface area contributed by atoms with Crippen LogP contribution < -0.4 is 19.7 Å². The molecule has 2 aliphatic carbocycles. The van der Waals surface area contributed by atoms with Gasteiger partial charge in [-0.05, 0) is 79.0 Å². The van der Waals surface area contributed by atoms with Gasteiger partial charge in [0, 0.05) is 21.7 Å². The number of thiazole rings is 1. The maximum atomic E-state index is 13.2. The predicted octanol–water partition coefficient (Wildman–Crippen LogP) is 4.92. The molecule has 0 spiro atoms. The van der Waals surface area contributed by atoms with Gasteiger partial charge in [-0.1, -0.05) is 17.4 Å². The first-order valence-electron chi connectivity index (χ1n) is 12.2. The van der Waals surface area contributed by atoms with Crippen molar-refractivity contribution < 1.29 is 19.4 Å². The lowest BCUT2D eigenvalue weighted by atomic mass is 9.75. The highest BCUT2D eigenvalue weighted by molar-refractivity contribution is 8.00. The lowest BCUT2D eigenvalue weighted by Crippen LogP contribution is -2.34. The molecule has 2 heterocycles. The van der Waals surface area contributed by atoms with Crippen molar-refractivity contribution >= 4 is 34.7 Å². The number of amides is 1. The van der Waals surface area contributed by atoms with Crippen molar-refractivity contribution in [3.63, 3.8) is 0 Å². The standard InChI is InChI=1S/C27H28N2O5S2/c1-33-19-10-5-15(12-20(19)34-2)23-22-14-3-4-16(11-14)24(22)35-26-25(23)36-27(32)29(26)13-21(31)28-17-6-8-18(30)9-7-17/h5-10,12,14,16,22-24,30H,3-4,11,13H2,1-2H3,(H,28,31)/t14-,16-,22-,23-,24+/m0/s1. The quantitative estimate of drug-likeness (QED) is 0.445. The molecular weight excluding hydrogens is 496 g/mol. The Balaban J connectivity index is 1.38. The third kappa shape index (κ3) is 3.89. The minimum absolute atomic E-state index is 0.0390. The molecule has 6 rings (SSSR count). The van der Waals surface area contributed by atoms with Crippen LogP contribution in [0.15, 0.2) is 52.3 Å². The predicted molar refractivity (Wildman–Crippen MR) is 141 cm³/mol. The number of rotatable bonds is 6. The summed E-state index contributed by atoms with van der Waals surface area (Å²) >= 11 is 3.08. The van der Waals surface area contributed by atoms with Gasteiger partial charge >= 0.3 is 4.87 Å². The Kier molecular flexibility index (Phi) is 6.00. The zero-order valence-electron chi connectivity index (χ0n) is 20.1. The first kappa shape index (κ1) is 23.5. The van der Waals surface area contributed by atoms with Gasteiger partial charge in [0.25, 0.3) is 0 Å². The summed E-state index contributed by atoms with van der Waals surface area (Å²) in [7, 11) is 3.28. The van der Waals surface area contributed by atoms with E-state index in [0.717, 1.165) is 15.5 Å². The van der Waals surface area contributed by atoms with Crippen LogP contribution in [0.25, 0.3) is 0 Å². The van der Waals surface area contributed by atoms with E-state index in [-0.39, 0.29) is 29.0 Å². The van der Waals surface area contributed by atoms with Crippen LogP contribution in [0.4, 0.5) is 5.69 Å². The van der Waals surface area contributed by atoms with E-state index in [1.165, 1.54) is 42.7 Å². The van der Waals surface area contributed by atoms with Gasteiger partial charge < -0.3 is 19.9 Å². The van der Waals surface area contributed by atoms with Crippen LogP contribution in [0.5, 0.6) is 17.2 Å². The molecule has 5 atom stereocenters. The number of ether oxygens (including phenoxy) is 2. The number of thioether (sulfide) groups is 1. The van der Waals surface area contributed by atoms with Gasteiger partial charge in [0.2, 0.25) is 5.91 Å². The molecule has 1 aromatic heterocycles. The molecule has 36 heavy (non-hydrogen) atoms. The molecule has 9 heteroatoms. The van der Waals surface area contributed by atoms with E-state index in [1.54, 1.807) is 30.9 Å². The third-order valence-corrected chi connectivity index (χ3v) is 10.7. The first-order valence-corrected chi connectivity index (χ1v) is 13.9. The van der Waals surface area contributed by atoms with E-state index >= 15 is 0 Å². The fourth-order valence-electron chi connectivity index (χ4n) is 6.40. The number of anilines is 1. The fourth-order valence-corrected chi connectivity index (χ4v) is 9.55. The van der Waals surface area contributed by atoms with Crippen molar-refractivity contribution in [2.45, 2.75) is 42.0 Å². The number of benzene rings is 2. The molecule has 2 aromatic carbocycles.